The molecule has 36 heavy (non-hydrogen) atoms. The number of amides is 3. The maximum absolute atomic E-state index is 14.1. The molecule has 4 rings (SSSR count). The van der Waals surface area contributed by atoms with E-state index >= 15 is 0 Å². The van der Waals surface area contributed by atoms with E-state index in [1.165, 1.54) is 6.07 Å². The number of piperidine rings is 1. The van der Waals surface area contributed by atoms with Crippen LogP contribution in [0.4, 0.5) is 4.39 Å². The van der Waals surface area contributed by atoms with E-state index in [-0.39, 0.29) is 35.7 Å². The molecule has 1 aromatic heterocycles. The molecule has 0 spiro atoms. The SMILES string of the molecule is CCC1CCCCN1C(=O)CC(NC(=O)C1CC1C(C)C)C(=O)N[C@@H](C)c1nc2c(F)cccc2[nH]1. The number of carbonyl (C=O) groups is 3. The van der Waals surface area contributed by atoms with Crippen LogP contribution in [0, 0.1) is 23.6 Å². The van der Waals surface area contributed by atoms with Crippen LogP contribution in [0.25, 0.3) is 11.0 Å². The van der Waals surface area contributed by atoms with Crippen LogP contribution in [-0.4, -0.2) is 51.2 Å². The van der Waals surface area contributed by atoms with Crippen molar-refractivity contribution in [1.29, 1.82) is 0 Å². The fraction of sp³-hybridized carbons (Fsp3) is 0.630. The van der Waals surface area contributed by atoms with Crippen LogP contribution < -0.4 is 10.6 Å². The Kier molecular flexibility index (Phi) is 7.95. The zero-order valence-electron chi connectivity index (χ0n) is 21.6. The van der Waals surface area contributed by atoms with Gasteiger partial charge in [0.05, 0.1) is 18.0 Å². The number of fused-ring (bicyclic) bond motifs is 1. The summed E-state index contributed by atoms with van der Waals surface area (Å²) in [6, 6.07) is 3.26. The van der Waals surface area contributed by atoms with Gasteiger partial charge in [-0.05, 0) is 63.0 Å². The van der Waals surface area contributed by atoms with Crippen molar-refractivity contribution in [2.24, 2.45) is 17.8 Å². The number of imidazole rings is 1. The topological polar surface area (TPSA) is 107 Å². The highest BCUT2D eigenvalue weighted by Crippen LogP contribution is 2.44. The molecular formula is C27H38FN5O3. The van der Waals surface area contributed by atoms with Crippen LogP contribution in [0.1, 0.15) is 78.1 Å². The molecule has 1 aromatic carbocycles. The zero-order chi connectivity index (χ0) is 26.0. The van der Waals surface area contributed by atoms with Gasteiger partial charge in [0.25, 0.3) is 0 Å². The summed E-state index contributed by atoms with van der Waals surface area (Å²) < 4.78 is 14.1. The van der Waals surface area contributed by atoms with E-state index < -0.39 is 23.8 Å². The number of rotatable bonds is 9. The summed E-state index contributed by atoms with van der Waals surface area (Å²) in [4.78, 5) is 48.8. The summed E-state index contributed by atoms with van der Waals surface area (Å²) in [5.41, 5.74) is 0.744. The van der Waals surface area contributed by atoms with Crippen LogP contribution in [0.3, 0.4) is 0 Å². The third-order valence-electron chi connectivity index (χ3n) is 7.71. The fourth-order valence-electron chi connectivity index (χ4n) is 5.39. The van der Waals surface area contributed by atoms with E-state index in [0.717, 1.165) is 32.1 Å². The Morgan fingerprint density at radius 2 is 1.97 bits per heavy atom. The number of hydrogen-bond acceptors (Lipinski definition) is 4. The first-order valence-electron chi connectivity index (χ1n) is 13.2. The van der Waals surface area contributed by atoms with E-state index in [1.807, 2.05) is 4.90 Å². The molecule has 3 amide bonds. The van der Waals surface area contributed by atoms with Crippen molar-refractivity contribution in [1.82, 2.24) is 25.5 Å². The van der Waals surface area contributed by atoms with Crippen molar-refractivity contribution >= 4 is 28.8 Å². The monoisotopic (exact) mass is 499 g/mol. The Balaban J connectivity index is 1.48. The Labute approximate surface area is 211 Å². The van der Waals surface area contributed by atoms with Crippen molar-refractivity contribution in [2.45, 2.75) is 84.3 Å². The van der Waals surface area contributed by atoms with Gasteiger partial charge in [-0.2, -0.15) is 0 Å². The lowest BCUT2D eigenvalue weighted by atomic mass is 9.98. The summed E-state index contributed by atoms with van der Waals surface area (Å²) in [6.07, 6.45) is 4.58. The molecule has 9 heteroatoms. The summed E-state index contributed by atoms with van der Waals surface area (Å²) in [5.74, 6) is -0.199. The number of aromatic nitrogens is 2. The number of nitrogens with one attached hydrogen (secondary N) is 3. The number of hydrogen-bond donors (Lipinski definition) is 3. The Morgan fingerprint density at radius 3 is 2.64 bits per heavy atom. The maximum Gasteiger partial charge on any atom is 0.243 e. The summed E-state index contributed by atoms with van der Waals surface area (Å²) in [5, 5.41) is 5.74. The van der Waals surface area contributed by atoms with E-state index in [0.29, 0.717) is 29.7 Å². The lowest BCUT2D eigenvalue weighted by Gasteiger charge is -2.36. The Bertz CT molecular complexity index is 1120. The molecule has 2 heterocycles. The summed E-state index contributed by atoms with van der Waals surface area (Å²) in [6.45, 7) is 8.66. The van der Waals surface area contributed by atoms with Gasteiger partial charge in [-0.15, -0.1) is 0 Å². The number of carbonyl (C=O) groups excluding carboxylic acids is 3. The molecule has 1 saturated heterocycles. The molecule has 2 fully saturated rings. The largest absolute Gasteiger partial charge is 0.345 e. The first-order chi connectivity index (χ1) is 17.2. The van der Waals surface area contributed by atoms with Gasteiger partial charge in [0.2, 0.25) is 17.7 Å². The minimum absolute atomic E-state index is 0.0887. The average Bonchev–Trinajstić information content (AvgIpc) is 3.55. The molecule has 1 saturated carbocycles. The zero-order valence-corrected chi connectivity index (χ0v) is 21.6. The van der Waals surface area contributed by atoms with Crippen LogP contribution in [0.15, 0.2) is 18.2 Å². The van der Waals surface area contributed by atoms with E-state index in [1.54, 1.807) is 19.1 Å². The number of aromatic amines is 1. The molecule has 8 nitrogen and oxygen atoms in total. The van der Waals surface area contributed by atoms with Gasteiger partial charge in [-0.25, -0.2) is 9.37 Å². The second kappa shape index (κ2) is 11.0. The molecule has 1 aliphatic heterocycles. The molecule has 1 aliphatic carbocycles. The minimum atomic E-state index is -0.985. The molecular weight excluding hydrogens is 461 g/mol. The molecule has 196 valence electrons. The van der Waals surface area contributed by atoms with Crippen molar-refractivity contribution in [2.75, 3.05) is 6.54 Å². The quantitative estimate of drug-likeness (QED) is 0.487. The van der Waals surface area contributed by atoms with Crippen LogP contribution >= 0.6 is 0 Å². The van der Waals surface area contributed by atoms with Crippen molar-refractivity contribution in [3.63, 3.8) is 0 Å². The smallest absolute Gasteiger partial charge is 0.243 e. The fourth-order valence-corrected chi connectivity index (χ4v) is 5.39. The third-order valence-corrected chi connectivity index (χ3v) is 7.71. The standard InChI is InChI=1S/C27H38FN5O3/c1-5-17-9-6-7-12-33(17)23(34)14-22(31-26(35)19-13-18(19)15(2)3)27(36)29-16(4)25-30-21-11-8-10-20(28)24(21)32-25/h8,10-11,15-19,22H,5-7,9,12-14H2,1-4H3,(H,29,36)(H,30,32)(H,31,35)/t16-,17?,18?,19?,22?/m0/s1. The third kappa shape index (κ3) is 5.71. The second-order valence-electron chi connectivity index (χ2n) is 10.6. The predicted molar refractivity (Wildman–Crippen MR) is 135 cm³/mol. The molecule has 4 unspecified atom stereocenters. The number of halogens is 1. The van der Waals surface area contributed by atoms with Crippen molar-refractivity contribution < 1.29 is 18.8 Å². The highest BCUT2D eigenvalue weighted by molar-refractivity contribution is 5.93. The number of H-pyrrole nitrogens is 1. The highest BCUT2D eigenvalue weighted by atomic mass is 19.1. The Morgan fingerprint density at radius 1 is 1.19 bits per heavy atom. The first kappa shape index (κ1) is 26.1. The first-order valence-corrected chi connectivity index (χ1v) is 13.2. The van der Waals surface area contributed by atoms with Crippen molar-refractivity contribution in [3.05, 3.63) is 29.8 Å². The normalized spacial score (nSPS) is 23.4. The average molecular weight is 500 g/mol. The van der Waals surface area contributed by atoms with Crippen LogP contribution in [0.2, 0.25) is 0 Å². The molecule has 3 N–H and O–H groups in total. The van der Waals surface area contributed by atoms with Gasteiger partial charge in [0.1, 0.15) is 17.4 Å². The summed E-state index contributed by atoms with van der Waals surface area (Å²) in [7, 11) is 0. The van der Waals surface area contributed by atoms with Crippen molar-refractivity contribution in [3.8, 4) is 0 Å². The van der Waals surface area contributed by atoms with Crippen LogP contribution in [0.5, 0.6) is 0 Å². The van der Waals surface area contributed by atoms with Gasteiger partial charge in [-0.3, -0.25) is 14.4 Å². The number of para-hydroxylation sites is 1. The van der Waals surface area contributed by atoms with Crippen LogP contribution in [-0.2, 0) is 14.4 Å². The molecule has 5 atom stereocenters. The lowest BCUT2D eigenvalue weighted by molar-refractivity contribution is -0.139. The number of nitrogens with zero attached hydrogens (tertiary/aromatic N) is 2. The lowest BCUT2D eigenvalue weighted by Crippen LogP contribution is -2.52. The molecule has 2 aromatic rings. The highest BCUT2D eigenvalue weighted by Gasteiger charge is 2.45. The van der Waals surface area contributed by atoms with Gasteiger partial charge in [0, 0.05) is 18.5 Å². The number of likely N-dealkylation sites (tertiary alicyclic amines) is 1. The maximum atomic E-state index is 14.1. The van der Waals surface area contributed by atoms with Gasteiger partial charge in [0.15, 0.2) is 5.82 Å². The van der Waals surface area contributed by atoms with Gasteiger partial charge >= 0.3 is 0 Å². The van der Waals surface area contributed by atoms with E-state index in [2.05, 4.69) is 41.4 Å². The summed E-state index contributed by atoms with van der Waals surface area (Å²) >= 11 is 0. The van der Waals surface area contributed by atoms with E-state index in [4.69, 9.17) is 0 Å². The van der Waals surface area contributed by atoms with Gasteiger partial charge in [-0.1, -0.05) is 26.8 Å². The second-order valence-corrected chi connectivity index (χ2v) is 10.6. The minimum Gasteiger partial charge on any atom is -0.345 e. The predicted octanol–water partition coefficient (Wildman–Crippen LogP) is 3.84. The number of benzene rings is 1. The Hall–Kier alpha value is -2.97. The molecule has 0 bridgehead atoms. The van der Waals surface area contributed by atoms with Gasteiger partial charge < -0.3 is 20.5 Å². The van der Waals surface area contributed by atoms with E-state index in [9.17, 15) is 18.8 Å². The molecule has 2 aliphatic rings. The molecule has 0 radical (unpaired) electrons.